The van der Waals surface area contributed by atoms with Gasteiger partial charge in [0.15, 0.2) is 11.5 Å². The largest absolute Gasteiger partial charge is 0.486 e. The Balaban J connectivity index is 0.000000330. The number of nitrogens with zero attached hydrogens (tertiary/aromatic N) is 1. The minimum atomic E-state index is -0.757. The Morgan fingerprint density at radius 2 is 1.84 bits per heavy atom. The monoisotopic (exact) mass is 434 g/mol. The molecule has 2 fully saturated rings. The molecular weight excluding hydrogens is 396 g/mol. The summed E-state index contributed by atoms with van der Waals surface area (Å²) < 4.78 is 16.3. The molecule has 31 heavy (non-hydrogen) atoms. The first-order valence-corrected chi connectivity index (χ1v) is 11.8. The highest BCUT2D eigenvalue weighted by Gasteiger charge is 2.18. The Morgan fingerprint density at radius 3 is 2.52 bits per heavy atom. The molecule has 3 heterocycles. The van der Waals surface area contributed by atoms with Gasteiger partial charge in [0.25, 0.3) is 0 Å². The normalized spacial score (nSPS) is 19.9. The van der Waals surface area contributed by atoms with E-state index in [9.17, 15) is 9.90 Å². The van der Waals surface area contributed by atoms with Crippen molar-refractivity contribution in [2.75, 3.05) is 52.6 Å². The minimum Gasteiger partial charge on any atom is -0.486 e. The van der Waals surface area contributed by atoms with Gasteiger partial charge < -0.3 is 29.5 Å². The number of nitrogens with one attached hydrogen (secondary N) is 1. The van der Waals surface area contributed by atoms with E-state index < -0.39 is 6.10 Å². The van der Waals surface area contributed by atoms with E-state index in [1.807, 2.05) is 0 Å². The zero-order valence-corrected chi connectivity index (χ0v) is 18.8. The van der Waals surface area contributed by atoms with Crippen molar-refractivity contribution in [1.82, 2.24) is 10.2 Å². The molecule has 7 heteroatoms. The molecule has 2 N–H and O–H groups in total. The van der Waals surface area contributed by atoms with Crippen LogP contribution in [0.4, 0.5) is 0 Å². The van der Waals surface area contributed by atoms with Crippen LogP contribution in [0, 0.1) is 5.92 Å². The molecule has 0 saturated carbocycles. The number of likely N-dealkylation sites (tertiary alicyclic amines) is 1. The van der Waals surface area contributed by atoms with E-state index in [-0.39, 0.29) is 12.5 Å². The molecule has 0 radical (unpaired) electrons. The van der Waals surface area contributed by atoms with E-state index in [1.54, 1.807) is 18.2 Å². The van der Waals surface area contributed by atoms with Gasteiger partial charge in [0.1, 0.15) is 13.2 Å². The third-order valence-electron chi connectivity index (χ3n) is 6.21. The van der Waals surface area contributed by atoms with Gasteiger partial charge in [-0.25, -0.2) is 0 Å². The van der Waals surface area contributed by atoms with Gasteiger partial charge in [0.2, 0.25) is 5.91 Å². The van der Waals surface area contributed by atoms with Crippen molar-refractivity contribution in [3.63, 3.8) is 0 Å². The second-order valence-corrected chi connectivity index (χ2v) is 8.46. The minimum absolute atomic E-state index is 0.0157. The second kappa shape index (κ2) is 12.9. The SMILES string of the molecule is CCN1CCCC1.O=C(CCC1CCOCC1)NC[C@H](O)c1ccc2c(c1)OCCO2. The molecule has 0 spiro atoms. The lowest BCUT2D eigenvalue weighted by Crippen LogP contribution is -2.29. The maximum atomic E-state index is 12.0. The quantitative estimate of drug-likeness (QED) is 0.687. The molecule has 0 unspecified atom stereocenters. The number of hydrogen-bond acceptors (Lipinski definition) is 6. The van der Waals surface area contributed by atoms with Gasteiger partial charge in [-0.3, -0.25) is 4.79 Å². The second-order valence-electron chi connectivity index (χ2n) is 8.46. The fourth-order valence-electron chi connectivity index (χ4n) is 4.15. The highest BCUT2D eigenvalue weighted by atomic mass is 16.6. The number of ether oxygens (including phenoxy) is 3. The first-order chi connectivity index (χ1) is 15.2. The highest BCUT2D eigenvalue weighted by Crippen LogP contribution is 2.32. The van der Waals surface area contributed by atoms with Crippen molar-refractivity contribution in [2.45, 2.75) is 51.6 Å². The Labute approximate surface area is 186 Å². The van der Waals surface area contributed by atoms with Crippen LogP contribution in [0.5, 0.6) is 11.5 Å². The summed E-state index contributed by atoms with van der Waals surface area (Å²) in [6.45, 7) is 9.02. The van der Waals surface area contributed by atoms with Crippen molar-refractivity contribution < 1.29 is 24.1 Å². The number of aliphatic hydroxyl groups is 1. The first kappa shape index (κ1) is 23.8. The molecule has 0 bridgehead atoms. The van der Waals surface area contributed by atoms with Gasteiger partial charge in [-0.05, 0) is 75.4 Å². The summed E-state index contributed by atoms with van der Waals surface area (Å²) in [6.07, 6.45) is 5.54. The van der Waals surface area contributed by atoms with Crippen LogP contribution in [-0.2, 0) is 9.53 Å². The van der Waals surface area contributed by atoms with Crippen molar-refractivity contribution in [3.8, 4) is 11.5 Å². The Kier molecular flexibility index (Phi) is 9.90. The summed E-state index contributed by atoms with van der Waals surface area (Å²) in [5.74, 6) is 1.90. The molecule has 1 atom stereocenters. The van der Waals surface area contributed by atoms with Crippen molar-refractivity contribution >= 4 is 5.91 Å². The van der Waals surface area contributed by atoms with Gasteiger partial charge in [0.05, 0.1) is 6.10 Å². The van der Waals surface area contributed by atoms with E-state index in [2.05, 4.69) is 17.1 Å². The van der Waals surface area contributed by atoms with Crippen LogP contribution in [0.1, 0.15) is 57.1 Å². The fourth-order valence-corrected chi connectivity index (χ4v) is 4.15. The smallest absolute Gasteiger partial charge is 0.220 e. The number of amides is 1. The number of rotatable bonds is 7. The zero-order valence-electron chi connectivity index (χ0n) is 18.8. The number of carbonyl (C=O) groups excluding carboxylic acids is 1. The van der Waals surface area contributed by atoms with Gasteiger partial charge in [0, 0.05) is 26.2 Å². The van der Waals surface area contributed by atoms with Crippen molar-refractivity contribution in [2.24, 2.45) is 5.92 Å². The molecule has 1 amide bonds. The Hall–Kier alpha value is -1.83. The van der Waals surface area contributed by atoms with Crippen LogP contribution < -0.4 is 14.8 Å². The Bertz CT molecular complexity index is 672. The molecule has 0 aromatic heterocycles. The van der Waals surface area contributed by atoms with Crippen molar-refractivity contribution in [1.29, 1.82) is 0 Å². The van der Waals surface area contributed by atoms with E-state index in [0.29, 0.717) is 42.6 Å². The van der Waals surface area contributed by atoms with Crippen LogP contribution in [0.2, 0.25) is 0 Å². The maximum absolute atomic E-state index is 12.0. The van der Waals surface area contributed by atoms with E-state index in [4.69, 9.17) is 14.2 Å². The van der Waals surface area contributed by atoms with E-state index >= 15 is 0 Å². The van der Waals surface area contributed by atoms with Crippen LogP contribution in [-0.4, -0.2) is 68.5 Å². The molecule has 3 aliphatic rings. The summed E-state index contributed by atoms with van der Waals surface area (Å²) in [4.78, 5) is 14.4. The predicted octanol–water partition coefficient (Wildman–Crippen LogP) is 2.92. The van der Waals surface area contributed by atoms with Gasteiger partial charge in [-0.15, -0.1) is 0 Å². The predicted molar refractivity (Wildman–Crippen MR) is 120 cm³/mol. The van der Waals surface area contributed by atoms with E-state index in [1.165, 1.54) is 32.5 Å². The molecule has 4 rings (SSSR count). The molecule has 1 aromatic carbocycles. The fraction of sp³-hybridized carbons (Fsp3) is 0.708. The van der Waals surface area contributed by atoms with Gasteiger partial charge in [-0.1, -0.05) is 13.0 Å². The summed E-state index contributed by atoms with van der Waals surface area (Å²) in [5.41, 5.74) is 0.712. The van der Waals surface area contributed by atoms with Crippen LogP contribution in [0.3, 0.4) is 0 Å². The molecule has 1 aromatic rings. The van der Waals surface area contributed by atoms with Gasteiger partial charge >= 0.3 is 0 Å². The number of benzene rings is 1. The lowest BCUT2D eigenvalue weighted by Gasteiger charge is -2.22. The third kappa shape index (κ3) is 7.98. The summed E-state index contributed by atoms with van der Waals surface area (Å²) >= 11 is 0. The summed E-state index contributed by atoms with van der Waals surface area (Å²) in [7, 11) is 0. The summed E-state index contributed by atoms with van der Waals surface area (Å²) in [6, 6.07) is 5.36. The summed E-state index contributed by atoms with van der Waals surface area (Å²) in [5, 5.41) is 13.1. The van der Waals surface area contributed by atoms with Crippen LogP contribution in [0.15, 0.2) is 18.2 Å². The maximum Gasteiger partial charge on any atom is 0.220 e. The number of hydrogen-bond donors (Lipinski definition) is 2. The lowest BCUT2D eigenvalue weighted by atomic mass is 9.95. The molecule has 3 aliphatic heterocycles. The average molecular weight is 435 g/mol. The number of fused-ring (bicyclic) bond motifs is 1. The molecule has 0 aliphatic carbocycles. The number of carbonyl (C=O) groups is 1. The molecule has 2 saturated heterocycles. The third-order valence-corrected chi connectivity index (χ3v) is 6.21. The van der Waals surface area contributed by atoms with E-state index in [0.717, 1.165) is 32.5 Å². The molecule has 7 nitrogen and oxygen atoms in total. The first-order valence-electron chi connectivity index (χ1n) is 11.8. The average Bonchev–Trinajstić information content (AvgIpc) is 3.36. The Morgan fingerprint density at radius 1 is 1.13 bits per heavy atom. The van der Waals surface area contributed by atoms with Gasteiger partial charge in [-0.2, -0.15) is 0 Å². The van der Waals surface area contributed by atoms with Crippen LogP contribution in [0.25, 0.3) is 0 Å². The van der Waals surface area contributed by atoms with Crippen LogP contribution >= 0.6 is 0 Å². The topological polar surface area (TPSA) is 80.3 Å². The van der Waals surface area contributed by atoms with Crippen molar-refractivity contribution in [3.05, 3.63) is 23.8 Å². The molecular formula is C24H38N2O5. The zero-order chi connectivity index (χ0) is 21.9. The lowest BCUT2D eigenvalue weighted by molar-refractivity contribution is -0.122. The molecule has 174 valence electrons. The number of aliphatic hydroxyl groups excluding tert-OH is 1. The standard InChI is InChI=1S/C18H25NO5.C6H13N/c20-15(14-2-3-16-17(11-14)24-10-9-23-16)12-19-18(21)4-1-13-5-7-22-8-6-13;1-2-7-5-3-4-6-7/h2-3,11,13,15,20H,1,4-10,12H2,(H,19,21);2-6H2,1H3/t15-;/m0./s1. The highest BCUT2D eigenvalue weighted by molar-refractivity contribution is 5.75.